The molecule has 0 spiro atoms. The van der Waals surface area contributed by atoms with Gasteiger partial charge in [0.05, 0.1) is 0 Å². The predicted molar refractivity (Wildman–Crippen MR) is 73.9 cm³/mol. The highest BCUT2D eigenvalue weighted by atomic mass is 32.2. The molecule has 20 heavy (non-hydrogen) atoms. The summed E-state index contributed by atoms with van der Waals surface area (Å²) in [6.07, 6.45) is 0.310. The number of aryl methyl sites for hydroxylation is 1. The first-order chi connectivity index (χ1) is 9.26. The van der Waals surface area contributed by atoms with Crippen LogP contribution in [0.15, 0.2) is 16.3 Å². The van der Waals surface area contributed by atoms with E-state index in [1.54, 1.807) is 6.07 Å². The lowest BCUT2D eigenvalue weighted by atomic mass is 10.2. The Labute approximate surface area is 120 Å². The Morgan fingerprint density at radius 3 is 2.55 bits per heavy atom. The van der Waals surface area contributed by atoms with E-state index in [0.29, 0.717) is 6.42 Å². The van der Waals surface area contributed by atoms with Crippen molar-refractivity contribution in [2.45, 2.75) is 36.4 Å². The zero-order chi connectivity index (χ0) is 15.3. The molecular weight excluding hydrogens is 304 g/mol. The van der Waals surface area contributed by atoms with Gasteiger partial charge < -0.3 is 10.8 Å². The Balaban J connectivity index is 2.85. The highest BCUT2D eigenvalue weighted by molar-refractivity contribution is 7.91. The van der Waals surface area contributed by atoms with Crippen molar-refractivity contribution in [3.05, 3.63) is 17.0 Å². The zero-order valence-corrected chi connectivity index (χ0v) is 12.5. The Morgan fingerprint density at radius 2 is 2.10 bits per heavy atom. The number of rotatable bonds is 8. The molecular formula is C11H16N2O5S2. The van der Waals surface area contributed by atoms with Crippen molar-refractivity contribution < 1.29 is 23.1 Å². The van der Waals surface area contributed by atoms with Crippen LogP contribution in [-0.4, -0.2) is 31.4 Å². The van der Waals surface area contributed by atoms with E-state index in [9.17, 15) is 18.0 Å². The first-order valence-corrected chi connectivity index (χ1v) is 8.18. The lowest BCUT2D eigenvalue weighted by Crippen LogP contribution is -2.41. The molecule has 0 aromatic carbocycles. The summed E-state index contributed by atoms with van der Waals surface area (Å²) < 4.78 is 26.2. The number of carboxylic acids is 1. The van der Waals surface area contributed by atoms with Crippen LogP contribution < -0.4 is 10.5 Å². The fraction of sp³-hybridized carbons (Fsp3) is 0.455. The van der Waals surface area contributed by atoms with E-state index in [1.807, 2.05) is 6.92 Å². The fourth-order valence-corrected chi connectivity index (χ4v) is 3.99. The van der Waals surface area contributed by atoms with Gasteiger partial charge in [-0.2, -0.15) is 4.72 Å². The second-order valence-corrected chi connectivity index (χ2v) is 7.20. The number of aliphatic carboxylic acids is 1. The molecule has 0 saturated carbocycles. The monoisotopic (exact) mass is 320 g/mol. The van der Waals surface area contributed by atoms with Crippen LogP contribution >= 0.6 is 11.3 Å². The molecule has 0 radical (unpaired) electrons. The molecule has 0 bridgehead atoms. The lowest BCUT2D eigenvalue weighted by Gasteiger charge is -2.13. The maximum atomic E-state index is 12.0. The molecule has 1 amide bonds. The number of thiophene rings is 1. The number of amides is 1. The van der Waals surface area contributed by atoms with E-state index in [2.05, 4.69) is 4.72 Å². The fourth-order valence-electron chi connectivity index (χ4n) is 1.46. The van der Waals surface area contributed by atoms with Crippen LogP contribution in [0.2, 0.25) is 0 Å². The number of carbonyl (C=O) groups is 2. The summed E-state index contributed by atoms with van der Waals surface area (Å²) in [6, 6.07) is 1.73. The van der Waals surface area contributed by atoms with Crippen LogP contribution in [0.1, 0.15) is 24.6 Å². The van der Waals surface area contributed by atoms with Gasteiger partial charge in [-0.1, -0.05) is 6.92 Å². The SMILES string of the molecule is CCc1ccc(S(=O)(=O)N[C@H](CCC(N)=O)C(=O)O)s1. The molecule has 0 aliphatic carbocycles. The third-order valence-corrected chi connectivity index (χ3v) is 5.72. The number of primary amides is 1. The van der Waals surface area contributed by atoms with Gasteiger partial charge in [0.2, 0.25) is 5.91 Å². The zero-order valence-electron chi connectivity index (χ0n) is 10.8. The maximum Gasteiger partial charge on any atom is 0.321 e. The van der Waals surface area contributed by atoms with E-state index in [0.717, 1.165) is 16.2 Å². The van der Waals surface area contributed by atoms with Crippen molar-refractivity contribution in [2.75, 3.05) is 0 Å². The third kappa shape index (κ3) is 4.58. The average Bonchev–Trinajstić information content (AvgIpc) is 2.83. The summed E-state index contributed by atoms with van der Waals surface area (Å²) in [7, 11) is -3.91. The molecule has 9 heteroatoms. The first-order valence-electron chi connectivity index (χ1n) is 5.88. The normalized spacial score (nSPS) is 13.1. The summed E-state index contributed by atoms with van der Waals surface area (Å²) in [5.41, 5.74) is 4.93. The second kappa shape index (κ2) is 6.82. The molecule has 0 aliphatic rings. The van der Waals surface area contributed by atoms with Gasteiger partial charge in [-0.3, -0.25) is 9.59 Å². The molecule has 0 saturated heterocycles. The number of nitrogens with two attached hydrogens (primary N) is 1. The number of carboxylic acid groups (broad SMARTS) is 1. The molecule has 112 valence electrons. The van der Waals surface area contributed by atoms with Gasteiger partial charge >= 0.3 is 5.97 Å². The van der Waals surface area contributed by atoms with Crippen LogP contribution in [0.4, 0.5) is 0 Å². The molecule has 0 fully saturated rings. The van der Waals surface area contributed by atoms with Crippen molar-refractivity contribution in [1.29, 1.82) is 0 Å². The quantitative estimate of drug-likeness (QED) is 0.635. The average molecular weight is 320 g/mol. The predicted octanol–water partition coefficient (Wildman–Crippen LogP) is 0.308. The Kier molecular flexibility index (Phi) is 5.66. The standard InChI is InChI=1S/C11H16N2O5S2/c1-2-7-3-6-10(19-7)20(17,18)13-8(11(15)16)4-5-9(12)14/h3,6,8,13H,2,4-5H2,1H3,(H2,12,14)(H,15,16)/t8-/m1/s1. The van der Waals surface area contributed by atoms with Gasteiger partial charge in [-0.05, 0) is 25.0 Å². The maximum absolute atomic E-state index is 12.0. The summed E-state index contributed by atoms with van der Waals surface area (Å²) >= 11 is 1.08. The minimum Gasteiger partial charge on any atom is -0.480 e. The van der Waals surface area contributed by atoms with Crippen LogP contribution in [0.25, 0.3) is 0 Å². The van der Waals surface area contributed by atoms with E-state index >= 15 is 0 Å². The Bertz CT molecular complexity index is 594. The van der Waals surface area contributed by atoms with Crippen LogP contribution in [0, 0.1) is 0 Å². The smallest absolute Gasteiger partial charge is 0.321 e. The third-order valence-electron chi connectivity index (χ3n) is 2.53. The van der Waals surface area contributed by atoms with Gasteiger partial charge in [0, 0.05) is 11.3 Å². The van der Waals surface area contributed by atoms with Gasteiger partial charge in [0.25, 0.3) is 10.0 Å². The number of hydrogen-bond donors (Lipinski definition) is 3. The summed E-state index contributed by atoms with van der Waals surface area (Å²) in [5.74, 6) is -2.03. The van der Waals surface area contributed by atoms with Gasteiger partial charge in [-0.25, -0.2) is 8.42 Å². The summed E-state index contributed by atoms with van der Waals surface area (Å²) in [5, 5.41) is 8.97. The first kappa shape index (κ1) is 16.6. The molecule has 1 rings (SSSR count). The number of carbonyl (C=O) groups excluding carboxylic acids is 1. The highest BCUT2D eigenvalue weighted by Gasteiger charge is 2.26. The van der Waals surface area contributed by atoms with E-state index in [4.69, 9.17) is 10.8 Å². The molecule has 0 aliphatic heterocycles. The van der Waals surface area contributed by atoms with Gasteiger partial charge in [0.1, 0.15) is 10.3 Å². The highest BCUT2D eigenvalue weighted by Crippen LogP contribution is 2.22. The number of hydrogen-bond acceptors (Lipinski definition) is 5. The minimum atomic E-state index is -3.91. The molecule has 4 N–H and O–H groups in total. The van der Waals surface area contributed by atoms with E-state index < -0.39 is 27.9 Å². The second-order valence-electron chi connectivity index (χ2n) is 4.09. The van der Waals surface area contributed by atoms with E-state index in [-0.39, 0.29) is 17.1 Å². The topological polar surface area (TPSA) is 127 Å². The van der Waals surface area contributed by atoms with Gasteiger partial charge in [-0.15, -0.1) is 11.3 Å². The lowest BCUT2D eigenvalue weighted by molar-refractivity contribution is -0.139. The molecule has 1 atom stereocenters. The molecule has 0 unspecified atom stereocenters. The minimum absolute atomic E-state index is 0.0553. The van der Waals surface area contributed by atoms with Crippen molar-refractivity contribution in [2.24, 2.45) is 5.73 Å². The van der Waals surface area contributed by atoms with Crippen LogP contribution in [0.5, 0.6) is 0 Å². The Morgan fingerprint density at radius 1 is 1.45 bits per heavy atom. The largest absolute Gasteiger partial charge is 0.480 e. The van der Waals surface area contributed by atoms with Gasteiger partial charge in [0.15, 0.2) is 0 Å². The number of nitrogens with one attached hydrogen (secondary N) is 1. The molecule has 1 heterocycles. The van der Waals surface area contributed by atoms with Crippen LogP contribution in [-0.2, 0) is 26.0 Å². The molecule has 7 nitrogen and oxygen atoms in total. The summed E-state index contributed by atoms with van der Waals surface area (Å²) in [6.45, 7) is 1.89. The Hall–Kier alpha value is -1.45. The molecule has 1 aromatic heterocycles. The molecule has 1 aromatic rings. The summed E-state index contributed by atoms with van der Waals surface area (Å²) in [4.78, 5) is 22.5. The van der Waals surface area contributed by atoms with Crippen molar-refractivity contribution in [3.8, 4) is 0 Å². The van der Waals surface area contributed by atoms with Crippen molar-refractivity contribution in [3.63, 3.8) is 0 Å². The van der Waals surface area contributed by atoms with Crippen molar-refractivity contribution >= 4 is 33.2 Å². The van der Waals surface area contributed by atoms with Crippen LogP contribution in [0.3, 0.4) is 0 Å². The van der Waals surface area contributed by atoms with E-state index in [1.165, 1.54) is 6.07 Å². The number of sulfonamides is 1. The van der Waals surface area contributed by atoms with Crippen molar-refractivity contribution in [1.82, 2.24) is 4.72 Å².